The number of carbonyl (C=O) groups excluding carboxylic acids is 2. The Morgan fingerprint density at radius 1 is 1.30 bits per heavy atom. The van der Waals surface area contributed by atoms with E-state index in [0.29, 0.717) is 17.0 Å². The summed E-state index contributed by atoms with van der Waals surface area (Å²) in [5.41, 5.74) is 1.49. The van der Waals surface area contributed by atoms with Crippen LogP contribution in [0.5, 0.6) is 5.75 Å². The molecule has 1 fully saturated rings. The van der Waals surface area contributed by atoms with Gasteiger partial charge in [0.1, 0.15) is 11.7 Å². The highest BCUT2D eigenvalue weighted by atomic mass is 16.5. The number of aromatic carboxylic acids is 1. The van der Waals surface area contributed by atoms with Crippen LogP contribution in [0.15, 0.2) is 40.9 Å². The zero-order valence-electron chi connectivity index (χ0n) is 12.3. The number of hydrogen-bond donors (Lipinski definition) is 2. The number of amides is 2. The van der Waals surface area contributed by atoms with Crippen molar-refractivity contribution in [1.82, 2.24) is 5.32 Å². The predicted molar refractivity (Wildman–Crippen MR) is 80.3 cm³/mol. The fraction of sp³-hybridized carbons (Fsp3) is 0.250. The summed E-state index contributed by atoms with van der Waals surface area (Å²) < 4.78 is 5.74. The van der Waals surface area contributed by atoms with E-state index in [1.807, 2.05) is 0 Å². The standard InChI is InChI=1S/C16H14N2O5/c1-8-6-10-7-12(19)18-14(20)13(10)15(17-8)23-11-4-2-9(3-5-11)16(21)22/h2-6,13,15H,7H2,1H3,(H,21,22)(H,18,19,20)/t13?,15-/m0/s1. The Morgan fingerprint density at radius 2 is 2.00 bits per heavy atom. The highest BCUT2D eigenvalue weighted by molar-refractivity contribution is 6.05. The molecule has 2 atom stereocenters. The van der Waals surface area contributed by atoms with Gasteiger partial charge in [0, 0.05) is 12.1 Å². The quantitative estimate of drug-likeness (QED) is 0.814. The first-order valence-corrected chi connectivity index (χ1v) is 7.02. The molecule has 0 aromatic heterocycles. The van der Waals surface area contributed by atoms with E-state index in [-0.39, 0.29) is 17.9 Å². The van der Waals surface area contributed by atoms with E-state index in [1.54, 1.807) is 13.0 Å². The van der Waals surface area contributed by atoms with Gasteiger partial charge in [-0.15, -0.1) is 0 Å². The highest BCUT2D eigenvalue weighted by Gasteiger charge is 2.40. The van der Waals surface area contributed by atoms with Crippen LogP contribution in [-0.2, 0) is 9.59 Å². The maximum atomic E-state index is 12.1. The fourth-order valence-corrected chi connectivity index (χ4v) is 2.67. The lowest BCUT2D eigenvalue weighted by Gasteiger charge is -2.32. The van der Waals surface area contributed by atoms with Crippen LogP contribution in [0.25, 0.3) is 0 Å². The number of allylic oxidation sites excluding steroid dienone is 1. The Bertz CT molecular complexity index is 748. The van der Waals surface area contributed by atoms with Crippen LogP contribution >= 0.6 is 0 Å². The minimum atomic E-state index is -1.03. The third-order valence-electron chi connectivity index (χ3n) is 3.68. The van der Waals surface area contributed by atoms with Crippen molar-refractivity contribution in [1.29, 1.82) is 0 Å². The van der Waals surface area contributed by atoms with Gasteiger partial charge in [0.05, 0.1) is 5.56 Å². The lowest BCUT2D eigenvalue weighted by molar-refractivity contribution is -0.135. The van der Waals surface area contributed by atoms with Crippen molar-refractivity contribution >= 4 is 23.5 Å². The second-order valence-electron chi connectivity index (χ2n) is 5.39. The summed E-state index contributed by atoms with van der Waals surface area (Å²) in [4.78, 5) is 38.8. The van der Waals surface area contributed by atoms with E-state index in [0.717, 1.165) is 0 Å². The number of rotatable bonds is 3. The SMILES string of the molecule is CC1=N[C@@H](Oc2ccc(C(=O)O)cc2)C2C(=O)NC(=O)CC2=C1. The number of imide groups is 1. The molecular formula is C16H14N2O5. The van der Waals surface area contributed by atoms with Crippen LogP contribution < -0.4 is 10.1 Å². The van der Waals surface area contributed by atoms with E-state index >= 15 is 0 Å². The van der Waals surface area contributed by atoms with Crippen LogP contribution in [0, 0.1) is 5.92 Å². The van der Waals surface area contributed by atoms with Crippen LogP contribution in [0.3, 0.4) is 0 Å². The maximum absolute atomic E-state index is 12.1. The molecule has 2 N–H and O–H groups in total. The summed E-state index contributed by atoms with van der Waals surface area (Å²) in [6.07, 6.45) is 1.09. The molecule has 23 heavy (non-hydrogen) atoms. The topological polar surface area (TPSA) is 105 Å². The van der Waals surface area contributed by atoms with Gasteiger partial charge in [-0.25, -0.2) is 9.79 Å². The molecule has 1 aromatic carbocycles. The van der Waals surface area contributed by atoms with Gasteiger partial charge in [0.2, 0.25) is 18.0 Å². The average Bonchev–Trinajstić information content (AvgIpc) is 2.46. The molecule has 7 nitrogen and oxygen atoms in total. The van der Waals surface area contributed by atoms with E-state index in [9.17, 15) is 14.4 Å². The van der Waals surface area contributed by atoms with E-state index < -0.39 is 24.0 Å². The first-order valence-electron chi connectivity index (χ1n) is 7.02. The summed E-state index contributed by atoms with van der Waals surface area (Å²) in [6, 6.07) is 5.85. The minimum absolute atomic E-state index is 0.140. The third-order valence-corrected chi connectivity index (χ3v) is 3.68. The third kappa shape index (κ3) is 2.98. The fourth-order valence-electron chi connectivity index (χ4n) is 2.67. The Kier molecular flexibility index (Phi) is 3.69. The second-order valence-corrected chi connectivity index (χ2v) is 5.39. The highest BCUT2D eigenvalue weighted by Crippen LogP contribution is 2.30. The van der Waals surface area contributed by atoms with Gasteiger partial charge < -0.3 is 9.84 Å². The van der Waals surface area contributed by atoms with Gasteiger partial charge in [-0.2, -0.15) is 0 Å². The number of carboxylic acid groups (broad SMARTS) is 1. The van der Waals surface area contributed by atoms with E-state index in [2.05, 4.69) is 10.3 Å². The number of carboxylic acids is 1. The lowest BCUT2D eigenvalue weighted by Crippen LogP contribution is -2.49. The first kappa shape index (κ1) is 15.0. The van der Waals surface area contributed by atoms with Gasteiger partial charge in [0.15, 0.2) is 0 Å². The van der Waals surface area contributed by atoms with Crippen molar-refractivity contribution in [2.75, 3.05) is 0 Å². The van der Waals surface area contributed by atoms with Gasteiger partial charge in [-0.1, -0.05) is 0 Å². The number of ether oxygens (including phenoxy) is 1. The molecule has 7 heteroatoms. The predicted octanol–water partition coefficient (Wildman–Crippen LogP) is 1.15. The molecule has 2 aliphatic heterocycles. The number of piperidine rings is 1. The number of nitrogens with one attached hydrogen (secondary N) is 1. The molecule has 1 saturated heterocycles. The molecule has 0 saturated carbocycles. The molecule has 1 unspecified atom stereocenters. The molecule has 3 rings (SSSR count). The number of hydrogen-bond acceptors (Lipinski definition) is 5. The Labute approximate surface area is 131 Å². The number of nitrogens with zero attached hydrogens (tertiary/aromatic N) is 1. The molecule has 0 spiro atoms. The van der Waals surface area contributed by atoms with Crippen molar-refractivity contribution in [3.8, 4) is 5.75 Å². The largest absolute Gasteiger partial charge is 0.478 e. The summed E-state index contributed by atoms with van der Waals surface area (Å²) in [5.74, 6) is -2.05. The number of fused-ring (bicyclic) bond motifs is 1. The summed E-state index contributed by atoms with van der Waals surface area (Å²) >= 11 is 0. The van der Waals surface area contributed by atoms with Gasteiger partial charge in [0.25, 0.3) is 0 Å². The zero-order chi connectivity index (χ0) is 16.6. The average molecular weight is 314 g/mol. The molecule has 0 radical (unpaired) electrons. The van der Waals surface area contributed by atoms with Crippen LogP contribution in [0.4, 0.5) is 0 Å². The number of benzene rings is 1. The van der Waals surface area contributed by atoms with Crippen molar-refractivity contribution in [2.45, 2.75) is 19.6 Å². The van der Waals surface area contributed by atoms with Crippen LogP contribution in [0.2, 0.25) is 0 Å². The second kappa shape index (κ2) is 5.68. The van der Waals surface area contributed by atoms with Crippen molar-refractivity contribution in [3.63, 3.8) is 0 Å². The van der Waals surface area contributed by atoms with E-state index in [1.165, 1.54) is 24.3 Å². The monoisotopic (exact) mass is 314 g/mol. The van der Waals surface area contributed by atoms with Gasteiger partial charge in [-0.05, 0) is 42.8 Å². The Balaban J connectivity index is 1.84. The normalized spacial score (nSPS) is 23.3. The summed E-state index contributed by atoms with van der Waals surface area (Å²) in [5, 5.41) is 11.2. The molecule has 2 aliphatic rings. The molecule has 0 aliphatic carbocycles. The molecule has 0 bridgehead atoms. The molecule has 1 aromatic rings. The van der Waals surface area contributed by atoms with Gasteiger partial charge >= 0.3 is 5.97 Å². The number of dihydropyridines is 1. The van der Waals surface area contributed by atoms with Crippen LogP contribution in [0.1, 0.15) is 23.7 Å². The molecule has 2 heterocycles. The van der Waals surface area contributed by atoms with Crippen molar-refractivity contribution < 1.29 is 24.2 Å². The lowest BCUT2D eigenvalue weighted by atomic mass is 9.87. The van der Waals surface area contributed by atoms with E-state index in [4.69, 9.17) is 9.84 Å². The Hall–Kier alpha value is -2.96. The van der Waals surface area contributed by atoms with Crippen molar-refractivity contribution in [2.24, 2.45) is 10.9 Å². The van der Waals surface area contributed by atoms with Gasteiger partial charge in [-0.3, -0.25) is 14.9 Å². The maximum Gasteiger partial charge on any atom is 0.335 e. The molecular weight excluding hydrogens is 300 g/mol. The van der Waals surface area contributed by atoms with Crippen LogP contribution in [-0.4, -0.2) is 34.8 Å². The molecule has 2 amide bonds. The minimum Gasteiger partial charge on any atom is -0.478 e. The summed E-state index contributed by atoms with van der Waals surface area (Å²) in [6.45, 7) is 1.77. The zero-order valence-corrected chi connectivity index (χ0v) is 12.3. The Morgan fingerprint density at radius 3 is 2.65 bits per heavy atom. The molecule has 118 valence electrons. The first-order chi connectivity index (χ1) is 10.9. The number of aliphatic imine (C=N–C) groups is 1. The van der Waals surface area contributed by atoms with Crippen molar-refractivity contribution in [3.05, 3.63) is 41.5 Å². The number of carbonyl (C=O) groups is 3. The smallest absolute Gasteiger partial charge is 0.335 e. The summed E-state index contributed by atoms with van der Waals surface area (Å²) in [7, 11) is 0.